The highest BCUT2D eigenvalue weighted by molar-refractivity contribution is 8.00. The molecule has 0 unspecified atom stereocenters. The van der Waals surface area contributed by atoms with Crippen LogP contribution in [0.2, 0.25) is 0 Å². The molecule has 28 heavy (non-hydrogen) atoms. The Morgan fingerprint density at radius 3 is 2.79 bits per heavy atom. The maximum Gasteiger partial charge on any atom is 0.319 e. The van der Waals surface area contributed by atoms with E-state index in [4.69, 9.17) is 9.47 Å². The first kappa shape index (κ1) is 20.3. The fraction of sp³-hybridized carbons (Fsp3) is 0.500. The lowest BCUT2D eigenvalue weighted by molar-refractivity contribution is -0.384. The molecule has 0 spiro atoms. The standard InChI is InChI=1S/C18H22N4O5S/c1-3-26-17(23)12(2)28-18-20-19-16(21(18)11-15-5-4-10-27-15)13-6-8-14(9-7-13)22(24)25/h6-9,12,15H,3-5,10-11H2,1-2H3/t12-,15-/m0/s1. The number of thioether (sulfide) groups is 1. The van der Waals surface area contributed by atoms with E-state index < -0.39 is 10.2 Å². The van der Waals surface area contributed by atoms with Crippen molar-refractivity contribution in [2.75, 3.05) is 13.2 Å². The third-order valence-electron chi connectivity index (χ3n) is 4.36. The van der Waals surface area contributed by atoms with Crippen LogP contribution in [-0.4, -0.2) is 50.2 Å². The molecule has 0 saturated carbocycles. The van der Waals surface area contributed by atoms with Crippen LogP contribution < -0.4 is 0 Å². The average molecular weight is 406 g/mol. The molecular weight excluding hydrogens is 384 g/mol. The minimum absolute atomic E-state index is 0.0134. The van der Waals surface area contributed by atoms with Gasteiger partial charge in [-0.3, -0.25) is 19.5 Å². The smallest absolute Gasteiger partial charge is 0.319 e. The van der Waals surface area contributed by atoms with Gasteiger partial charge in [0.15, 0.2) is 11.0 Å². The molecule has 2 aromatic rings. The van der Waals surface area contributed by atoms with Gasteiger partial charge >= 0.3 is 5.97 Å². The van der Waals surface area contributed by atoms with Gasteiger partial charge in [0.2, 0.25) is 0 Å². The number of non-ortho nitro benzene ring substituents is 1. The molecule has 2 heterocycles. The molecule has 3 rings (SSSR count). The van der Waals surface area contributed by atoms with Gasteiger partial charge in [-0.15, -0.1) is 10.2 Å². The summed E-state index contributed by atoms with van der Waals surface area (Å²) in [5.41, 5.74) is 0.728. The number of nitro groups is 1. The average Bonchev–Trinajstić information content (AvgIpc) is 3.33. The van der Waals surface area contributed by atoms with E-state index in [0.29, 0.717) is 29.7 Å². The number of aromatic nitrogens is 3. The minimum atomic E-state index is -0.441. The van der Waals surface area contributed by atoms with Crippen molar-refractivity contribution in [3.05, 3.63) is 34.4 Å². The summed E-state index contributed by atoms with van der Waals surface area (Å²) in [6.45, 7) is 5.13. The van der Waals surface area contributed by atoms with Crippen molar-refractivity contribution in [2.24, 2.45) is 0 Å². The number of esters is 1. The quantitative estimate of drug-likeness (QED) is 0.285. The number of nitro benzene ring substituents is 1. The highest BCUT2D eigenvalue weighted by Gasteiger charge is 2.25. The Balaban J connectivity index is 1.89. The van der Waals surface area contributed by atoms with E-state index in [2.05, 4.69) is 10.2 Å². The monoisotopic (exact) mass is 406 g/mol. The Morgan fingerprint density at radius 1 is 1.43 bits per heavy atom. The van der Waals surface area contributed by atoms with Gasteiger partial charge in [-0.05, 0) is 38.8 Å². The number of hydrogen-bond donors (Lipinski definition) is 0. The van der Waals surface area contributed by atoms with Crippen molar-refractivity contribution in [3.8, 4) is 11.4 Å². The molecule has 1 aliphatic heterocycles. The second kappa shape index (κ2) is 9.16. The van der Waals surface area contributed by atoms with E-state index in [9.17, 15) is 14.9 Å². The number of rotatable bonds is 8. The Hall–Kier alpha value is -2.46. The molecule has 1 aliphatic rings. The number of carbonyl (C=O) groups excluding carboxylic acids is 1. The summed E-state index contributed by atoms with van der Waals surface area (Å²) < 4.78 is 12.7. The van der Waals surface area contributed by atoms with E-state index in [1.807, 2.05) is 4.57 Å². The molecule has 1 saturated heterocycles. The Bertz CT molecular complexity index is 833. The number of benzene rings is 1. The van der Waals surface area contributed by atoms with Crippen LogP contribution in [0.5, 0.6) is 0 Å². The summed E-state index contributed by atoms with van der Waals surface area (Å²) in [6, 6.07) is 6.18. The fourth-order valence-corrected chi connectivity index (χ4v) is 3.80. The summed E-state index contributed by atoms with van der Waals surface area (Å²) >= 11 is 1.28. The maximum absolute atomic E-state index is 12.0. The molecule has 9 nitrogen and oxygen atoms in total. The van der Waals surface area contributed by atoms with Crippen LogP contribution in [0.15, 0.2) is 29.4 Å². The predicted molar refractivity (Wildman–Crippen MR) is 103 cm³/mol. The van der Waals surface area contributed by atoms with Crippen LogP contribution in [0.4, 0.5) is 5.69 Å². The van der Waals surface area contributed by atoms with Crippen LogP contribution in [0.3, 0.4) is 0 Å². The van der Waals surface area contributed by atoms with Crippen LogP contribution in [0.1, 0.15) is 26.7 Å². The van der Waals surface area contributed by atoms with Crippen molar-refractivity contribution in [3.63, 3.8) is 0 Å². The maximum atomic E-state index is 12.0. The summed E-state index contributed by atoms with van der Waals surface area (Å²) in [6.07, 6.45) is 1.99. The van der Waals surface area contributed by atoms with Gasteiger partial charge in [-0.2, -0.15) is 0 Å². The zero-order valence-electron chi connectivity index (χ0n) is 15.7. The Kier molecular flexibility index (Phi) is 6.63. The van der Waals surface area contributed by atoms with Gasteiger partial charge in [0.1, 0.15) is 5.25 Å². The largest absolute Gasteiger partial charge is 0.465 e. The lowest BCUT2D eigenvalue weighted by Crippen LogP contribution is -2.20. The SMILES string of the molecule is CCOC(=O)[C@H](C)Sc1nnc(-c2ccc([N+](=O)[O-])cc2)n1C[C@@H]1CCCO1. The Labute approximate surface area is 166 Å². The van der Waals surface area contributed by atoms with E-state index in [1.165, 1.54) is 23.9 Å². The molecule has 150 valence electrons. The molecule has 10 heteroatoms. The normalized spacial score (nSPS) is 17.4. The first-order valence-electron chi connectivity index (χ1n) is 9.12. The first-order valence-corrected chi connectivity index (χ1v) is 10.0. The molecule has 1 aromatic carbocycles. The number of ether oxygens (including phenoxy) is 2. The summed E-state index contributed by atoms with van der Waals surface area (Å²) in [5.74, 6) is 0.278. The highest BCUT2D eigenvalue weighted by Crippen LogP contribution is 2.30. The molecule has 0 amide bonds. The van der Waals surface area contributed by atoms with Crippen LogP contribution >= 0.6 is 11.8 Å². The van der Waals surface area contributed by atoms with Crippen molar-refractivity contribution in [1.29, 1.82) is 0 Å². The highest BCUT2D eigenvalue weighted by atomic mass is 32.2. The lowest BCUT2D eigenvalue weighted by Gasteiger charge is -2.16. The van der Waals surface area contributed by atoms with Gasteiger partial charge < -0.3 is 9.47 Å². The topological polar surface area (TPSA) is 109 Å². The third kappa shape index (κ3) is 4.68. The van der Waals surface area contributed by atoms with Gasteiger partial charge in [0, 0.05) is 24.3 Å². The molecule has 0 aliphatic carbocycles. The van der Waals surface area contributed by atoms with Crippen molar-refractivity contribution >= 4 is 23.4 Å². The minimum Gasteiger partial charge on any atom is -0.465 e. The summed E-state index contributed by atoms with van der Waals surface area (Å²) in [4.78, 5) is 22.4. The zero-order valence-corrected chi connectivity index (χ0v) is 16.6. The number of nitrogens with zero attached hydrogens (tertiary/aromatic N) is 4. The molecule has 1 fully saturated rings. The fourth-order valence-electron chi connectivity index (χ4n) is 2.94. The summed E-state index contributed by atoms with van der Waals surface area (Å²) in [5, 5.41) is 19.6. The number of carbonyl (C=O) groups is 1. The van der Waals surface area contributed by atoms with E-state index in [-0.39, 0.29) is 17.8 Å². The van der Waals surface area contributed by atoms with E-state index in [1.54, 1.807) is 26.0 Å². The van der Waals surface area contributed by atoms with Gasteiger partial charge in [-0.1, -0.05) is 11.8 Å². The predicted octanol–water partition coefficient (Wildman–Crippen LogP) is 3.08. The van der Waals surface area contributed by atoms with Crippen molar-refractivity contribution in [1.82, 2.24) is 14.8 Å². The molecule has 0 radical (unpaired) electrons. The Morgan fingerprint density at radius 2 is 2.18 bits per heavy atom. The second-order valence-electron chi connectivity index (χ2n) is 6.37. The molecule has 1 aromatic heterocycles. The van der Waals surface area contributed by atoms with E-state index in [0.717, 1.165) is 19.4 Å². The van der Waals surface area contributed by atoms with Crippen LogP contribution in [-0.2, 0) is 20.8 Å². The van der Waals surface area contributed by atoms with Gasteiger partial charge in [0.25, 0.3) is 5.69 Å². The zero-order chi connectivity index (χ0) is 20.1. The molecular formula is C18H22N4O5S. The van der Waals surface area contributed by atoms with Crippen molar-refractivity contribution < 1.29 is 19.2 Å². The second-order valence-corrected chi connectivity index (χ2v) is 7.68. The molecule has 2 atom stereocenters. The third-order valence-corrected chi connectivity index (χ3v) is 5.42. The van der Waals surface area contributed by atoms with E-state index >= 15 is 0 Å². The van der Waals surface area contributed by atoms with Gasteiger partial charge in [0.05, 0.1) is 24.2 Å². The first-order chi connectivity index (χ1) is 13.5. The van der Waals surface area contributed by atoms with Crippen LogP contribution in [0.25, 0.3) is 11.4 Å². The van der Waals surface area contributed by atoms with Gasteiger partial charge in [-0.25, -0.2) is 0 Å². The molecule has 0 bridgehead atoms. The summed E-state index contributed by atoms with van der Waals surface area (Å²) in [7, 11) is 0. The lowest BCUT2D eigenvalue weighted by atomic mass is 10.2. The van der Waals surface area contributed by atoms with Crippen LogP contribution in [0, 0.1) is 10.1 Å². The van der Waals surface area contributed by atoms with Crippen molar-refractivity contribution in [2.45, 2.75) is 49.7 Å². The number of hydrogen-bond acceptors (Lipinski definition) is 8. The molecule has 0 N–H and O–H groups in total.